The zero-order valence-electron chi connectivity index (χ0n) is 42.0. The lowest BCUT2D eigenvalue weighted by Crippen LogP contribution is -2.50. The maximum Gasteiger partial charge on any atom is 0.220 e. The number of aliphatic hydroxyl groups is 1. The summed E-state index contributed by atoms with van der Waals surface area (Å²) in [4.78, 5) is 67.3. The van der Waals surface area contributed by atoms with Gasteiger partial charge in [0.1, 0.15) is 11.5 Å². The Morgan fingerprint density at radius 3 is 2.27 bits per heavy atom. The van der Waals surface area contributed by atoms with Gasteiger partial charge in [-0.05, 0) is 144 Å². The van der Waals surface area contributed by atoms with Crippen LogP contribution in [-0.4, -0.2) is 77.1 Å². The Morgan fingerprint density at radius 2 is 1.60 bits per heavy atom. The zero-order chi connectivity index (χ0) is 49.2. The van der Waals surface area contributed by atoms with Crippen molar-refractivity contribution < 1.29 is 29.0 Å². The lowest BCUT2D eigenvalue weighted by Gasteiger charge is -2.35. The SMILES string of the molecule is CCCCCCOC(C)C1=C(C)C(C)=CC2=NC(=C3CC(O)=C4C3=NC(=C4C)C=C3N=C(C=C1C)C(C)=C3CC)[C@@H](CCC(=O)NC(CCC(C)=O)(CCC(N)=O)CCC(=O)NCCN)C2C. The number of amides is 3. The quantitative estimate of drug-likeness (QED) is 0.0627. The van der Waals surface area contributed by atoms with Crippen molar-refractivity contribution in [1.82, 2.24) is 10.6 Å². The van der Waals surface area contributed by atoms with E-state index in [1.807, 2.05) is 13.0 Å². The van der Waals surface area contributed by atoms with E-state index in [0.29, 0.717) is 25.3 Å². The van der Waals surface area contributed by atoms with Crippen molar-refractivity contribution >= 4 is 40.6 Å². The maximum atomic E-state index is 14.3. The third kappa shape index (κ3) is 12.8. The zero-order valence-corrected chi connectivity index (χ0v) is 42.0. The van der Waals surface area contributed by atoms with Crippen molar-refractivity contribution in [1.29, 1.82) is 0 Å². The summed E-state index contributed by atoms with van der Waals surface area (Å²) in [6.45, 7) is 21.9. The summed E-state index contributed by atoms with van der Waals surface area (Å²) in [6, 6.07) is 0. The predicted molar refractivity (Wildman–Crippen MR) is 270 cm³/mol. The Kier molecular flexibility index (Phi) is 18.6. The second-order valence-electron chi connectivity index (χ2n) is 19.2. The Hall–Kier alpha value is -5.27. The number of hydrogen-bond acceptors (Lipinski definition) is 10. The van der Waals surface area contributed by atoms with E-state index in [0.717, 1.165) is 104 Å². The van der Waals surface area contributed by atoms with Crippen molar-refractivity contribution in [3.05, 3.63) is 91.2 Å². The third-order valence-corrected chi connectivity index (χ3v) is 14.2. The van der Waals surface area contributed by atoms with Crippen LogP contribution in [0.1, 0.15) is 159 Å². The highest BCUT2D eigenvalue weighted by atomic mass is 16.5. The Morgan fingerprint density at radius 1 is 0.881 bits per heavy atom. The van der Waals surface area contributed by atoms with Gasteiger partial charge in [0.15, 0.2) is 0 Å². The number of nitrogens with two attached hydrogens (primary N) is 2. The molecule has 0 spiro atoms. The highest BCUT2D eigenvalue weighted by molar-refractivity contribution is 6.21. The van der Waals surface area contributed by atoms with E-state index < -0.39 is 11.4 Å². The molecule has 0 saturated carbocycles. The highest BCUT2D eigenvalue weighted by Crippen LogP contribution is 2.46. The second-order valence-corrected chi connectivity index (χ2v) is 19.2. The molecule has 13 nitrogen and oxygen atoms in total. The minimum atomic E-state index is -1.02. The van der Waals surface area contributed by atoms with Crippen LogP contribution in [0.5, 0.6) is 0 Å². The van der Waals surface area contributed by atoms with Gasteiger partial charge in [-0.2, -0.15) is 0 Å². The van der Waals surface area contributed by atoms with Gasteiger partial charge in [-0.15, -0.1) is 0 Å². The molecule has 364 valence electrons. The van der Waals surface area contributed by atoms with Crippen LogP contribution in [0.2, 0.25) is 0 Å². The van der Waals surface area contributed by atoms with Gasteiger partial charge in [-0.25, -0.2) is 9.98 Å². The molecule has 0 saturated heterocycles. The van der Waals surface area contributed by atoms with Gasteiger partial charge in [0.05, 0.1) is 34.6 Å². The van der Waals surface area contributed by atoms with Crippen LogP contribution in [-0.2, 0) is 23.9 Å². The summed E-state index contributed by atoms with van der Waals surface area (Å²) in [6.07, 6.45) is 13.1. The van der Waals surface area contributed by atoms with Crippen LogP contribution >= 0.6 is 0 Å². The lowest BCUT2D eigenvalue weighted by molar-refractivity contribution is -0.126. The van der Waals surface area contributed by atoms with Crippen LogP contribution in [0.3, 0.4) is 0 Å². The van der Waals surface area contributed by atoms with Crippen molar-refractivity contribution in [3.63, 3.8) is 0 Å². The fraction of sp³-hybridized carbons (Fsp3) is 0.574. The van der Waals surface area contributed by atoms with E-state index >= 15 is 0 Å². The summed E-state index contributed by atoms with van der Waals surface area (Å²) in [5.74, 6) is -1.18. The molecule has 13 heteroatoms. The number of allylic oxidation sites excluding steroid dienone is 11. The second kappa shape index (κ2) is 23.6. The lowest BCUT2D eigenvalue weighted by atomic mass is 9.81. The number of nitrogens with one attached hydrogen (secondary N) is 2. The fourth-order valence-electron chi connectivity index (χ4n) is 10.2. The molecule has 5 rings (SSSR count). The first-order valence-corrected chi connectivity index (χ1v) is 24.7. The first-order valence-electron chi connectivity index (χ1n) is 24.7. The first kappa shape index (κ1) is 52.7. The highest BCUT2D eigenvalue weighted by Gasteiger charge is 2.41. The Labute approximate surface area is 399 Å². The molecule has 0 aromatic rings. The van der Waals surface area contributed by atoms with Crippen molar-refractivity contribution in [2.45, 2.75) is 171 Å². The van der Waals surface area contributed by atoms with E-state index in [2.05, 4.69) is 78.2 Å². The van der Waals surface area contributed by atoms with Gasteiger partial charge in [0.25, 0.3) is 0 Å². The molecule has 7 N–H and O–H groups in total. The van der Waals surface area contributed by atoms with Crippen molar-refractivity contribution in [3.8, 4) is 0 Å². The minimum Gasteiger partial charge on any atom is -0.511 e. The van der Waals surface area contributed by atoms with E-state index in [9.17, 15) is 24.3 Å². The number of hydrogen-bond donors (Lipinski definition) is 5. The number of carbonyl (C=O) groups excluding carboxylic acids is 4. The number of primary amides is 1. The Bertz CT molecular complexity index is 2330. The van der Waals surface area contributed by atoms with E-state index in [-0.39, 0.29) is 99.2 Å². The molecule has 4 atom stereocenters. The fourth-order valence-corrected chi connectivity index (χ4v) is 10.2. The number of nitrogens with zero attached hydrogens (tertiary/aromatic N) is 3. The average Bonchev–Trinajstić information content (AvgIpc) is 3.97. The number of aliphatic imine (C=N–C) groups is 3. The van der Waals surface area contributed by atoms with Crippen molar-refractivity contribution in [2.24, 2.45) is 38.3 Å². The van der Waals surface area contributed by atoms with Gasteiger partial charge in [0, 0.05) is 86.0 Å². The predicted octanol–water partition coefficient (Wildman–Crippen LogP) is 9.29. The molecule has 3 amide bonds. The van der Waals surface area contributed by atoms with Gasteiger partial charge in [-0.1, -0.05) is 40.0 Å². The van der Waals surface area contributed by atoms with Gasteiger partial charge in [0.2, 0.25) is 17.7 Å². The molecular formula is C54H77N7O6. The van der Waals surface area contributed by atoms with Crippen LogP contribution in [0.15, 0.2) is 106 Å². The number of unbranched alkanes of at least 4 members (excludes halogenated alkanes) is 3. The minimum absolute atomic E-state index is 0.0215. The molecular weight excluding hydrogens is 843 g/mol. The normalized spacial score (nSPS) is 20.9. The van der Waals surface area contributed by atoms with E-state index in [1.165, 1.54) is 13.3 Å². The number of fused-ring (bicyclic) bond motifs is 3. The van der Waals surface area contributed by atoms with Gasteiger partial charge < -0.3 is 36.7 Å². The summed E-state index contributed by atoms with van der Waals surface area (Å²) in [7, 11) is 0. The molecule has 0 aromatic carbocycles. The number of carbonyl (C=O) groups is 4. The van der Waals surface area contributed by atoms with Gasteiger partial charge in [-0.3, -0.25) is 19.4 Å². The first-order chi connectivity index (χ1) is 31.8. The molecule has 4 aliphatic heterocycles. The smallest absolute Gasteiger partial charge is 0.220 e. The molecule has 3 unspecified atom stereocenters. The molecule has 0 fully saturated rings. The van der Waals surface area contributed by atoms with E-state index in [1.54, 1.807) is 0 Å². The summed E-state index contributed by atoms with van der Waals surface area (Å²) in [5.41, 5.74) is 24.2. The molecule has 4 heterocycles. The standard InChI is InChI=1S/C54H77N7O6/c1-11-13-14-15-26-67-38(10)50-32(4)28-42-35(7)39(12-2)45(58-42)30-44-37(9)51-46(63)29-41(53(51)60-44)52-40(36(8)43(59-52)27-31(3)34(50)6)16-17-49(66)61-54(21-18-33(5)62,22-19-47(56)64)23-20-48(65)57-25-24-55/h27-28,30,36,38,40,63H,11-26,29,55H2,1-10H3,(H2,56,64)(H,57,65)(H,61,66)/t36?,38?,40-,54?/m0/s1. The van der Waals surface area contributed by atoms with Crippen LogP contribution < -0.4 is 22.1 Å². The van der Waals surface area contributed by atoms with Crippen LogP contribution in [0, 0.1) is 11.8 Å². The van der Waals surface area contributed by atoms with E-state index in [4.69, 9.17) is 31.2 Å². The number of Topliss-reactive ketones (excluding diaryl/α,β-unsaturated/α-hetero) is 1. The maximum absolute atomic E-state index is 14.3. The van der Waals surface area contributed by atoms with Crippen molar-refractivity contribution in [2.75, 3.05) is 19.7 Å². The summed E-state index contributed by atoms with van der Waals surface area (Å²) in [5, 5.41) is 17.6. The average molecular weight is 920 g/mol. The number of ether oxygens (including phenoxy) is 1. The molecule has 0 aromatic heterocycles. The monoisotopic (exact) mass is 920 g/mol. The third-order valence-electron chi connectivity index (χ3n) is 14.2. The number of rotatable bonds is 23. The van der Waals surface area contributed by atoms with Gasteiger partial charge >= 0.3 is 0 Å². The molecule has 0 radical (unpaired) electrons. The Balaban J connectivity index is 1.59. The van der Waals surface area contributed by atoms with Crippen LogP contribution in [0.25, 0.3) is 0 Å². The summed E-state index contributed by atoms with van der Waals surface area (Å²) >= 11 is 0. The topological polar surface area (TPSA) is 211 Å². The number of ketones is 1. The molecule has 6 bridgehead atoms. The largest absolute Gasteiger partial charge is 0.511 e. The molecule has 67 heavy (non-hydrogen) atoms. The molecule has 5 aliphatic rings. The summed E-state index contributed by atoms with van der Waals surface area (Å²) < 4.78 is 6.58. The molecule has 1 aliphatic carbocycles. The van der Waals surface area contributed by atoms with Crippen LogP contribution in [0.4, 0.5) is 0 Å². The number of aliphatic hydroxyl groups excluding tert-OH is 1.